The summed E-state index contributed by atoms with van der Waals surface area (Å²) in [5.74, 6) is -0.388. The predicted molar refractivity (Wildman–Crippen MR) is 72.1 cm³/mol. The maximum absolute atomic E-state index is 6.02. The van der Waals surface area contributed by atoms with Crippen molar-refractivity contribution in [1.29, 1.82) is 0 Å². The number of benzene rings is 1. The summed E-state index contributed by atoms with van der Waals surface area (Å²) < 4.78 is 12.0. The lowest BCUT2D eigenvalue weighted by Gasteiger charge is -2.41. The number of ether oxygens (including phenoxy) is 2. The summed E-state index contributed by atoms with van der Waals surface area (Å²) in [6.07, 6.45) is 3.99. The van der Waals surface area contributed by atoms with E-state index in [1.165, 1.54) is 11.1 Å². The molecule has 2 aliphatic rings. The monoisotopic (exact) mass is 244 g/mol. The summed E-state index contributed by atoms with van der Waals surface area (Å²) in [6, 6.07) is 10.5. The highest BCUT2D eigenvalue weighted by atomic mass is 16.7. The van der Waals surface area contributed by atoms with E-state index in [0.29, 0.717) is 0 Å². The van der Waals surface area contributed by atoms with E-state index in [1.54, 1.807) is 0 Å². The fourth-order valence-electron chi connectivity index (χ4n) is 2.54. The molecule has 1 fully saturated rings. The van der Waals surface area contributed by atoms with Crippen LogP contribution in [0.3, 0.4) is 0 Å². The predicted octanol–water partition coefficient (Wildman–Crippen LogP) is 3.63. The van der Waals surface area contributed by atoms with Gasteiger partial charge in [0.2, 0.25) is 0 Å². The number of hydrogen-bond acceptors (Lipinski definition) is 2. The van der Waals surface area contributed by atoms with Crippen LogP contribution < -0.4 is 0 Å². The first-order valence-corrected chi connectivity index (χ1v) is 6.61. The maximum atomic E-state index is 6.02. The van der Waals surface area contributed by atoms with Gasteiger partial charge in [-0.2, -0.15) is 0 Å². The molecule has 1 saturated heterocycles. The number of hydrogen-bond donors (Lipinski definition) is 0. The molecule has 0 saturated carbocycles. The van der Waals surface area contributed by atoms with Gasteiger partial charge in [-0.25, -0.2) is 0 Å². The minimum Gasteiger partial charge on any atom is -0.349 e. The molecule has 1 aliphatic heterocycles. The van der Waals surface area contributed by atoms with Crippen LogP contribution >= 0.6 is 0 Å². The largest absolute Gasteiger partial charge is 0.349 e. The molecule has 0 bridgehead atoms. The van der Waals surface area contributed by atoms with E-state index in [-0.39, 0.29) is 11.2 Å². The molecule has 0 amide bonds. The highest BCUT2D eigenvalue weighted by molar-refractivity contribution is 5.68. The van der Waals surface area contributed by atoms with Crippen LogP contribution in [-0.2, 0) is 9.47 Å². The van der Waals surface area contributed by atoms with Crippen molar-refractivity contribution in [3.8, 4) is 0 Å². The SMILES string of the molecule is CC1(C)COC2(CC=C(c3ccccc3)C2)OC1. The molecule has 2 nitrogen and oxygen atoms in total. The lowest BCUT2D eigenvalue weighted by Crippen LogP contribution is -2.46. The second kappa shape index (κ2) is 4.22. The Morgan fingerprint density at radius 2 is 1.67 bits per heavy atom. The third kappa shape index (κ3) is 2.23. The average molecular weight is 244 g/mol. The normalized spacial score (nSPS) is 25.1. The van der Waals surface area contributed by atoms with Crippen molar-refractivity contribution in [2.24, 2.45) is 5.41 Å². The van der Waals surface area contributed by atoms with Crippen molar-refractivity contribution in [1.82, 2.24) is 0 Å². The van der Waals surface area contributed by atoms with Gasteiger partial charge in [-0.1, -0.05) is 50.3 Å². The maximum Gasteiger partial charge on any atom is 0.175 e. The summed E-state index contributed by atoms with van der Waals surface area (Å²) in [7, 11) is 0. The van der Waals surface area contributed by atoms with Gasteiger partial charge in [0.1, 0.15) is 0 Å². The smallest absolute Gasteiger partial charge is 0.175 e. The quantitative estimate of drug-likeness (QED) is 0.751. The Morgan fingerprint density at radius 1 is 1.00 bits per heavy atom. The van der Waals surface area contributed by atoms with Crippen LogP contribution in [0.2, 0.25) is 0 Å². The topological polar surface area (TPSA) is 18.5 Å². The fourth-order valence-corrected chi connectivity index (χ4v) is 2.54. The van der Waals surface area contributed by atoms with Gasteiger partial charge in [-0.15, -0.1) is 0 Å². The summed E-state index contributed by atoms with van der Waals surface area (Å²) >= 11 is 0. The molecule has 18 heavy (non-hydrogen) atoms. The van der Waals surface area contributed by atoms with E-state index in [1.807, 2.05) is 6.07 Å². The summed E-state index contributed by atoms with van der Waals surface area (Å²) in [4.78, 5) is 0. The lowest BCUT2D eigenvalue weighted by atomic mass is 9.94. The summed E-state index contributed by atoms with van der Waals surface area (Å²) in [6.45, 7) is 5.92. The molecule has 0 unspecified atom stereocenters. The standard InChI is InChI=1S/C16H20O2/c1-15(2)11-17-16(18-12-15)9-8-14(10-16)13-6-4-3-5-7-13/h3-8H,9-12H2,1-2H3. The fraction of sp³-hybridized carbons (Fsp3) is 0.500. The molecule has 1 spiro atoms. The van der Waals surface area contributed by atoms with Crippen LogP contribution in [0, 0.1) is 5.41 Å². The van der Waals surface area contributed by atoms with E-state index in [0.717, 1.165) is 26.1 Å². The number of rotatable bonds is 1. The second-order valence-electron chi connectivity index (χ2n) is 6.13. The second-order valence-corrected chi connectivity index (χ2v) is 6.13. The van der Waals surface area contributed by atoms with E-state index in [4.69, 9.17) is 9.47 Å². The van der Waals surface area contributed by atoms with Crippen molar-refractivity contribution in [2.45, 2.75) is 32.5 Å². The first-order valence-electron chi connectivity index (χ1n) is 6.61. The molecule has 0 aromatic heterocycles. The van der Waals surface area contributed by atoms with Crippen molar-refractivity contribution in [3.63, 3.8) is 0 Å². The Bertz CT molecular complexity index is 449. The van der Waals surface area contributed by atoms with Crippen LogP contribution in [0.25, 0.3) is 5.57 Å². The Balaban J connectivity index is 1.71. The highest BCUT2D eigenvalue weighted by Crippen LogP contribution is 2.42. The average Bonchev–Trinajstić information content (AvgIpc) is 2.80. The van der Waals surface area contributed by atoms with Gasteiger partial charge in [0.05, 0.1) is 13.2 Å². The Hall–Kier alpha value is -1.12. The molecule has 3 rings (SSSR count). The lowest BCUT2D eigenvalue weighted by molar-refractivity contribution is -0.291. The Morgan fingerprint density at radius 3 is 2.33 bits per heavy atom. The summed E-state index contributed by atoms with van der Waals surface area (Å²) in [5, 5.41) is 0. The van der Waals surface area contributed by atoms with Gasteiger partial charge in [0.25, 0.3) is 0 Å². The third-order valence-electron chi connectivity index (χ3n) is 3.72. The van der Waals surface area contributed by atoms with E-state index >= 15 is 0 Å². The van der Waals surface area contributed by atoms with E-state index in [9.17, 15) is 0 Å². The zero-order valence-corrected chi connectivity index (χ0v) is 11.1. The molecule has 1 aromatic rings. The molecule has 0 N–H and O–H groups in total. The third-order valence-corrected chi connectivity index (χ3v) is 3.72. The molecule has 1 aromatic carbocycles. The summed E-state index contributed by atoms with van der Waals surface area (Å²) in [5.41, 5.74) is 2.77. The molecule has 0 atom stereocenters. The van der Waals surface area contributed by atoms with E-state index in [2.05, 4.69) is 44.2 Å². The molecular weight excluding hydrogens is 224 g/mol. The van der Waals surface area contributed by atoms with Gasteiger partial charge < -0.3 is 9.47 Å². The van der Waals surface area contributed by atoms with Crippen LogP contribution in [0.15, 0.2) is 36.4 Å². The molecule has 1 aliphatic carbocycles. The Kier molecular flexibility index (Phi) is 2.80. The Labute approximate surface area is 109 Å². The molecule has 2 heteroatoms. The first-order chi connectivity index (χ1) is 8.59. The molecule has 0 radical (unpaired) electrons. The zero-order chi connectivity index (χ0) is 12.6. The molecule has 96 valence electrons. The van der Waals surface area contributed by atoms with Gasteiger partial charge in [0.15, 0.2) is 5.79 Å². The van der Waals surface area contributed by atoms with Crippen LogP contribution in [-0.4, -0.2) is 19.0 Å². The zero-order valence-electron chi connectivity index (χ0n) is 11.1. The van der Waals surface area contributed by atoms with Gasteiger partial charge >= 0.3 is 0 Å². The highest BCUT2D eigenvalue weighted by Gasteiger charge is 2.43. The first kappa shape index (κ1) is 11.9. The molecular formula is C16H20O2. The minimum absolute atomic E-state index is 0.140. The van der Waals surface area contributed by atoms with Gasteiger partial charge in [-0.05, 0) is 11.1 Å². The van der Waals surface area contributed by atoms with Crippen LogP contribution in [0.1, 0.15) is 32.3 Å². The minimum atomic E-state index is -0.388. The molecule has 1 heterocycles. The van der Waals surface area contributed by atoms with Crippen molar-refractivity contribution < 1.29 is 9.47 Å². The van der Waals surface area contributed by atoms with Crippen LogP contribution in [0.4, 0.5) is 0 Å². The van der Waals surface area contributed by atoms with Gasteiger partial charge in [0, 0.05) is 18.3 Å². The van der Waals surface area contributed by atoms with Crippen molar-refractivity contribution >= 4 is 5.57 Å². The van der Waals surface area contributed by atoms with E-state index < -0.39 is 0 Å². The van der Waals surface area contributed by atoms with Crippen molar-refractivity contribution in [2.75, 3.05) is 13.2 Å². The van der Waals surface area contributed by atoms with Gasteiger partial charge in [-0.3, -0.25) is 0 Å². The van der Waals surface area contributed by atoms with Crippen LogP contribution in [0.5, 0.6) is 0 Å². The van der Waals surface area contributed by atoms with Crippen molar-refractivity contribution in [3.05, 3.63) is 42.0 Å².